The predicted molar refractivity (Wildman–Crippen MR) is 80.5 cm³/mol. The summed E-state index contributed by atoms with van der Waals surface area (Å²) in [6.07, 6.45) is 0. The Morgan fingerprint density at radius 3 is 2.05 bits per heavy atom. The normalized spacial score (nSPS) is 26.6. The fraction of sp³-hybridized carbons (Fsp3) is 0.611. The molecule has 2 rings (SSSR count). The minimum absolute atomic E-state index is 0.00766. The molecule has 0 aliphatic heterocycles. The highest BCUT2D eigenvalue weighted by Crippen LogP contribution is 2.63. The van der Waals surface area contributed by atoms with Crippen molar-refractivity contribution in [1.29, 1.82) is 0 Å². The van der Waals surface area contributed by atoms with Gasteiger partial charge in [0.15, 0.2) is 0 Å². The number of carbonyl (C=O) groups is 1. The Bertz CT molecular complexity index is 520. The molecule has 104 valence electrons. The predicted octanol–water partition coefficient (Wildman–Crippen LogP) is 4.70. The third-order valence-electron chi connectivity index (χ3n) is 6.25. The minimum Gasteiger partial charge on any atom is -0.299 e. The number of hydrogen-bond donors (Lipinski definition) is 0. The Kier molecular flexibility index (Phi) is 2.97. The van der Waals surface area contributed by atoms with E-state index in [-0.39, 0.29) is 27.9 Å². The van der Waals surface area contributed by atoms with Crippen LogP contribution < -0.4 is 0 Å². The number of rotatable bonds is 1. The van der Waals surface area contributed by atoms with Crippen molar-refractivity contribution in [1.82, 2.24) is 0 Å². The van der Waals surface area contributed by atoms with Gasteiger partial charge in [-0.1, -0.05) is 65.8 Å². The molecule has 1 unspecified atom stereocenters. The summed E-state index contributed by atoms with van der Waals surface area (Å²) in [6.45, 7) is 15.5. The third kappa shape index (κ3) is 1.63. The summed E-state index contributed by atoms with van der Waals surface area (Å²) in [6, 6.07) is 8.48. The summed E-state index contributed by atoms with van der Waals surface area (Å²) in [4.78, 5) is 12.3. The number of fused-ring (bicyclic) bond motifs is 1. The maximum absolute atomic E-state index is 12.3. The van der Waals surface area contributed by atoms with Crippen LogP contribution in [-0.4, -0.2) is 5.78 Å². The smallest absolute Gasteiger partial charge is 0.137 e. The van der Waals surface area contributed by atoms with Crippen molar-refractivity contribution < 1.29 is 4.79 Å². The van der Waals surface area contributed by atoms with Crippen LogP contribution >= 0.6 is 0 Å². The van der Waals surface area contributed by atoms with E-state index in [1.807, 2.05) is 0 Å². The molecular weight excluding hydrogens is 232 g/mol. The Labute approximate surface area is 117 Å². The monoisotopic (exact) mass is 258 g/mol. The zero-order chi connectivity index (χ0) is 14.6. The second-order valence-corrected chi connectivity index (χ2v) is 7.60. The first-order chi connectivity index (χ1) is 8.55. The maximum Gasteiger partial charge on any atom is 0.137 e. The van der Waals surface area contributed by atoms with E-state index in [0.29, 0.717) is 0 Å². The van der Waals surface area contributed by atoms with Gasteiger partial charge in [-0.3, -0.25) is 4.79 Å². The fourth-order valence-corrected chi connectivity index (χ4v) is 3.94. The van der Waals surface area contributed by atoms with E-state index in [2.05, 4.69) is 65.8 Å². The van der Waals surface area contributed by atoms with Gasteiger partial charge in [-0.15, -0.1) is 0 Å². The molecule has 1 heteroatoms. The highest BCUT2D eigenvalue weighted by Gasteiger charge is 2.58. The quantitative estimate of drug-likeness (QED) is 0.713. The molecule has 0 aromatic heterocycles. The molecule has 1 atom stereocenters. The Balaban J connectivity index is 2.83. The van der Waals surface area contributed by atoms with Crippen molar-refractivity contribution in [2.45, 2.75) is 59.8 Å². The van der Waals surface area contributed by atoms with Gasteiger partial charge >= 0.3 is 0 Å². The average molecular weight is 258 g/mol. The molecule has 0 N–H and O–H groups in total. The summed E-state index contributed by atoms with van der Waals surface area (Å²) in [5.74, 6) is 0.271. The number of hydrogen-bond acceptors (Lipinski definition) is 1. The lowest BCUT2D eigenvalue weighted by molar-refractivity contribution is -0.126. The van der Waals surface area contributed by atoms with E-state index >= 15 is 0 Å². The Hall–Kier alpha value is -1.11. The molecule has 19 heavy (non-hydrogen) atoms. The van der Waals surface area contributed by atoms with Crippen LogP contribution in [0.5, 0.6) is 0 Å². The van der Waals surface area contributed by atoms with Gasteiger partial charge in [0.05, 0.1) is 0 Å². The molecule has 1 aromatic rings. The van der Waals surface area contributed by atoms with E-state index in [1.54, 1.807) is 6.92 Å². The zero-order valence-corrected chi connectivity index (χ0v) is 13.3. The van der Waals surface area contributed by atoms with Crippen LogP contribution in [0.1, 0.15) is 65.5 Å². The van der Waals surface area contributed by atoms with Crippen molar-refractivity contribution in [3.63, 3.8) is 0 Å². The molecule has 1 aliphatic carbocycles. The molecule has 0 radical (unpaired) electrons. The standard InChI is InChI=1S/C18H26O/c1-12(19)15-13-10-8-9-11-14(13)16(2,3)18(6,7)17(15,4)5/h8-11,15H,1-7H3. The maximum atomic E-state index is 12.3. The van der Waals surface area contributed by atoms with Crippen LogP contribution in [0.25, 0.3) is 0 Å². The van der Waals surface area contributed by atoms with Gasteiger partial charge in [-0.05, 0) is 34.3 Å². The second-order valence-electron chi connectivity index (χ2n) is 7.60. The van der Waals surface area contributed by atoms with Crippen LogP contribution in [0.15, 0.2) is 24.3 Å². The van der Waals surface area contributed by atoms with Crippen LogP contribution in [-0.2, 0) is 10.2 Å². The second kappa shape index (κ2) is 3.94. The van der Waals surface area contributed by atoms with Crippen molar-refractivity contribution in [3.8, 4) is 0 Å². The summed E-state index contributed by atoms with van der Waals surface area (Å²) in [5.41, 5.74) is 2.60. The Morgan fingerprint density at radius 1 is 1.00 bits per heavy atom. The molecule has 0 fully saturated rings. The topological polar surface area (TPSA) is 17.1 Å². The lowest BCUT2D eigenvalue weighted by Crippen LogP contribution is -2.55. The van der Waals surface area contributed by atoms with E-state index in [4.69, 9.17) is 0 Å². The minimum atomic E-state index is -0.0588. The summed E-state index contributed by atoms with van der Waals surface area (Å²) in [7, 11) is 0. The lowest BCUT2D eigenvalue weighted by Gasteiger charge is -2.59. The highest BCUT2D eigenvalue weighted by atomic mass is 16.1. The molecule has 1 aromatic carbocycles. The van der Waals surface area contributed by atoms with Crippen LogP contribution in [0.4, 0.5) is 0 Å². The summed E-state index contributed by atoms with van der Waals surface area (Å²) < 4.78 is 0. The van der Waals surface area contributed by atoms with Gasteiger partial charge in [-0.2, -0.15) is 0 Å². The summed E-state index contributed by atoms with van der Waals surface area (Å²) in [5, 5.41) is 0. The SMILES string of the molecule is CC(=O)C1c2ccccc2C(C)(C)C(C)(C)C1(C)C. The average Bonchev–Trinajstić information content (AvgIpc) is 2.27. The molecule has 0 amide bonds. The molecular formula is C18H26O. The summed E-state index contributed by atoms with van der Waals surface area (Å²) >= 11 is 0. The molecule has 0 saturated heterocycles. The first-order valence-electron chi connectivity index (χ1n) is 7.15. The van der Waals surface area contributed by atoms with E-state index in [9.17, 15) is 4.79 Å². The number of ketones is 1. The van der Waals surface area contributed by atoms with Crippen molar-refractivity contribution in [3.05, 3.63) is 35.4 Å². The fourth-order valence-electron chi connectivity index (χ4n) is 3.94. The molecule has 1 aliphatic rings. The van der Waals surface area contributed by atoms with Gasteiger partial charge in [0.25, 0.3) is 0 Å². The number of carbonyl (C=O) groups excluding carboxylic acids is 1. The van der Waals surface area contributed by atoms with Gasteiger partial charge in [0, 0.05) is 5.92 Å². The highest BCUT2D eigenvalue weighted by molar-refractivity contribution is 5.85. The van der Waals surface area contributed by atoms with E-state index < -0.39 is 0 Å². The van der Waals surface area contributed by atoms with Crippen LogP contribution in [0, 0.1) is 10.8 Å². The molecule has 0 bridgehead atoms. The molecule has 0 heterocycles. The lowest BCUT2D eigenvalue weighted by atomic mass is 9.44. The van der Waals surface area contributed by atoms with E-state index in [0.717, 1.165) is 0 Å². The van der Waals surface area contributed by atoms with E-state index in [1.165, 1.54) is 11.1 Å². The van der Waals surface area contributed by atoms with Crippen molar-refractivity contribution in [2.24, 2.45) is 10.8 Å². The number of Topliss-reactive ketones (excluding diaryl/α,β-unsaturated/α-hetero) is 1. The first-order valence-corrected chi connectivity index (χ1v) is 7.15. The van der Waals surface area contributed by atoms with Crippen LogP contribution in [0.2, 0.25) is 0 Å². The van der Waals surface area contributed by atoms with Gasteiger partial charge < -0.3 is 0 Å². The number of benzene rings is 1. The van der Waals surface area contributed by atoms with Gasteiger partial charge in [-0.25, -0.2) is 0 Å². The Morgan fingerprint density at radius 2 is 1.53 bits per heavy atom. The molecule has 1 nitrogen and oxygen atoms in total. The van der Waals surface area contributed by atoms with Gasteiger partial charge in [0.1, 0.15) is 5.78 Å². The first kappa shape index (κ1) is 14.3. The zero-order valence-electron chi connectivity index (χ0n) is 13.3. The third-order valence-corrected chi connectivity index (χ3v) is 6.25. The van der Waals surface area contributed by atoms with Gasteiger partial charge in [0.2, 0.25) is 0 Å². The van der Waals surface area contributed by atoms with Crippen LogP contribution in [0.3, 0.4) is 0 Å². The van der Waals surface area contributed by atoms with Crippen molar-refractivity contribution in [2.75, 3.05) is 0 Å². The molecule has 0 spiro atoms. The largest absolute Gasteiger partial charge is 0.299 e. The van der Waals surface area contributed by atoms with Crippen molar-refractivity contribution >= 4 is 5.78 Å². The molecule has 0 saturated carbocycles.